The fraction of sp³-hybridized carbons (Fsp3) is 0.538. The van der Waals surface area contributed by atoms with Crippen molar-refractivity contribution >= 4 is 10.0 Å². The molecule has 0 spiro atoms. The first-order chi connectivity index (χ1) is 9.53. The first kappa shape index (κ1) is 15.2. The molecule has 0 bridgehead atoms. The molecule has 2 N–H and O–H groups in total. The van der Waals surface area contributed by atoms with Crippen LogP contribution in [-0.2, 0) is 10.0 Å². The first-order valence-corrected chi connectivity index (χ1v) is 8.08. The first-order valence-electron chi connectivity index (χ1n) is 6.59. The molecule has 1 saturated heterocycles. The topological polar surface area (TPSA) is 67.4 Å². The molecule has 1 atom stereocenters. The van der Waals surface area contributed by atoms with Crippen molar-refractivity contribution in [1.29, 1.82) is 0 Å². The Morgan fingerprint density at radius 2 is 2.25 bits per heavy atom. The second-order valence-corrected chi connectivity index (χ2v) is 6.56. The minimum Gasteiger partial charge on any atom is -0.494 e. The lowest BCUT2D eigenvalue weighted by atomic mass is 10.1. The quantitative estimate of drug-likeness (QED) is 0.859. The third kappa shape index (κ3) is 3.68. The molecule has 1 aliphatic heterocycles. The maximum Gasteiger partial charge on any atom is 0.240 e. The van der Waals surface area contributed by atoms with Crippen LogP contribution in [0.25, 0.3) is 0 Å². The molecule has 1 aliphatic rings. The minimum absolute atomic E-state index is 0.0258. The Morgan fingerprint density at radius 1 is 1.45 bits per heavy atom. The number of nitrogens with one attached hydrogen (secondary N) is 2. The van der Waals surface area contributed by atoms with Gasteiger partial charge in [-0.25, -0.2) is 17.5 Å². The Labute approximate surface area is 118 Å². The maximum absolute atomic E-state index is 13.5. The smallest absolute Gasteiger partial charge is 0.240 e. The summed E-state index contributed by atoms with van der Waals surface area (Å²) in [6.45, 7) is 1.22. The van der Waals surface area contributed by atoms with Crippen molar-refractivity contribution in [2.45, 2.75) is 30.2 Å². The molecule has 5 nitrogen and oxygen atoms in total. The van der Waals surface area contributed by atoms with Crippen LogP contribution in [0.4, 0.5) is 4.39 Å². The molecule has 1 fully saturated rings. The fourth-order valence-corrected chi connectivity index (χ4v) is 3.30. The Balaban J connectivity index is 2.04. The largest absolute Gasteiger partial charge is 0.494 e. The Hall–Kier alpha value is -1.18. The van der Waals surface area contributed by atoms with E-state index in [9.17, 15) is 12.8 Å². The van der Waals surface area contributed by atoms with Crippen molar-refractivity contribution in [3.8, 4) is 5.75 Å². The predicted molar refractivity (Wildman–Crippen MR) is 73.8 cm³/mol. The summed E-state index contributed by atoms with van der Waals surface area (Å²) >= 11 is 0. The number of hydrogen-bond acceptors (Lipinski definition) is 4. The highest BCUT2D eigenvalue weighted by Gasteiger charge is 2.19. The number of ether oxygens (including phenoxy) is 1. The summed E-state index contributed by atoms with van der Waals surface area (Å²) in [5.41, 5.74) is 0. The van der Waals surface area contributed by atoms with Gasteiger partial charge in [0.15, 0.2) is 11.6 Å². The van der Waals surface area contributed by atoms with Crippen LogP contribution in [0.5, 0.6) is 5.75 Å². The number of rotatable bonds is 5. The van der Waals surface area contributed by atoms with Gasteiger partial charge in [0.05, 0.1) is 12.0 Å². The summed E-state index contributed by atoms with van der Waals surface area (Å²) in [5, 5.41) is 3.25. The number of piperidine rings is 1. The van der Waals surface area contributed by atoms with Gasteiger partial charge in [0.1, 0.15) is 0 Å². The summed E-state index contributed by atoms with van der Waals surface area (Å²) in [5.74, 6) is -0.663. The Morgan fingerprint density at radius 3 is 2.85 bits per heavy atom. The SMILES string of the molecule is COc1ccc(S(=O)(=O)NCC2CCCCN2)cc1F. The molecule has 1 unspecified atom stereocenters. The normalized spacial score (nSPS) is 19.8. The second kappa shape index (κ2) is 6.51. The fourth-order valence-electron chi connectivity index (χ4n) is 2.21. The van der Waals surface area contributed by atoms with Crippen molar-refractivity contribution in [3.63, 3.8) is 0 Å². The van der Waals surface area contributed by atoms with E-state index < -0.39 is 15.8 Å². The van der Waals surface area contributed by atoms with Gasteiger partial charge in [0.2, 0.25) is 10.0 Å². The molecular formula is C13H19FN2O3S. The van der Waals surface area contributed by atoms with Gasteiger partial charge in [-0.05, 0) is 37.6 Å². The van der Waals surface area contributed by atoms with E-state index in [0.29, 0.717) is 6.54 Å². The molecule has 2 rings (SSSR count). The molecule has 7 heteroatoms. The molecule has 1 heterocycles. The van der Waals surface area contributed by atoms with Gasteiger partial charge in [-0.15, -0.1) is 0 Å². The Kier molecular flexibility index (Phi) is 4.95. The maximum atomic E-state index is 13.5. The van der Waals surface area contributed by atoms with E-state index in [1.165, 1.54) is 19.2 Å². The van der Waals surface area contributed by atoms with Crippen LogP contribution in [0.1, 0.15) is 19.3 Å². The van der Waals surface area contributed by atoms with Crippen molar-refractivity contribution < 1.29 is 17.5 Å². The van der Waals surface area contributed by atoms with Crippen molar-refractivity contribution in [3.05, 3.63) is 24.0 Å². The molecule has 0 saturated carbocycles. The summed E-state index contributed by atoms with van der Waals surface area (Å²) in [6.07, 6.45) is 3.16. The van der Waals surface area contributed by atoms with Gasteiger partial charge >= 0.3 is 0 Å². The monoisotopic (exact) mass is 302 g/mol. The number of methoxy groups -OCH3 is 1. The van der Waals surface area contributed by atoms with Gasteiger partial charge in [-0.2, -0.15) is 0 Å². The van der Waals surface area contributed by atoms with Crippen molar-refractivity contribution in [1.82, 2.24) is 10.0 Å². The third-order valence-corrected chi connectivity index (χ3v) is 4.79. The van der Waals surface area contributed by atoms with Crippen molar-refractivity contribution in [2.75, 3.05) is 20.2 Å². The molecule has 20 heavy (non-hydrogen) atoms. The number of sulfonamides is 1. The van der Waals surface area contributed by atoms with Gasteiger partial charge < -0.3 is 10.1 Å². The molecule has 0 amide bonds. The lowest BCUT2D eigenvalue weighted by Gasteiger charge is -2.23. The van der Waals surface area contributed by atoms with Crippen LogP contribution in [0.15, 0.2) is 23.1 Å². The van der Waals surface area contributed by atoms with E-state index in [0.717, 1.165) is 31.9 Å². The molecule has 0 aromatic heterocycles. The van der Waals surface area contributed by atoms with Gasteiger partial charge in [-0.1, -0.05) is 6.42 Å². The highest BCUT2D eigenvalue weighted by Crippen LogP contribution is 2.20. The second-order valence-electron chi connectivity index (χ2n) is 4.80. The summed E-state index contributed by atoms with van der Waals surface area (Å²) < 4.78 is 45.0. The third-order valence-electron chi connectivity index (χ3n) is 3.37. The molecule has 1 aromatic carbocycles. The average molecular weight is 302 g/mol. The Bertz CT molecular complexity index is 557. The number of benzene rings is 1. The van der Waals surface area contributed by atoms with Crippen LogP contribution in [-0.4, -0.2) is 34.7 Å². The van der Waals surface area contributed by atoms with Crippen molar-refractivity contribution in [2.24, 2.45) is 0 Å². The zero-order valence-electron chi connectivity index (χ0n) is 11.4. The van der Waals surface area contributed by atoms with Crippen LogP contribution >= 0.6 is 0 Å². The van der Waals surface area contributed by atoms with E-state index in [4.69, 9.17) is 4.74 Å². The molecule has 0 radical (unpaired) electrons. The van der Waals surface area contributed by atoms with Crippen LogP contribution in [0, 0.1) is 5.82 Å². The van der Waals surface area contributed by atoms with Crippen LogP contribution in [0.2, 0.25) is 0 Å². The van der Waals surface area contributed by atoms with Crippen LogP contribution in [0.3, 0.4) is 0 Å². The lowest BCUT2D eigenvalue weighted by Crippen LogP contribution is -2.43. The minimum atomic E-state index is -3.69. The van der Waals surface area contributed by atoms with Gasteiger partial charge in [0.25, 0.3) is 0 Å². The average Bonchev–Trinajstić information content (AvgIpc) is 2.46. The van der Waals surface area contributed by atoms with Gasteiger partial charge in [-0.3, -0.25) is 0 Å². The summed E-state index contributed by atoms with van der Waals surface area (Å²) in [7, 11) is -2.36. The molecule has 0 aliphatic carbocycles. The van der Waals surface area contributed by atoms with Gasteiger partial charge in [0, 0.05) is 12.6 Å². The number of halogens is 1. The zero-order valence-corrected chi connectivity index (χ0v) is 12.2. The van der Waals surface area contributed by atoms with E-state index in [1.807, 2.05) is 0 Å². The van der Waals surface area contributed by atoms with Crippen LogP contribution < -0.4 is 14.8 Å². The molecule has 1 aromatic rings. The highest BCUT2D eigenvalue weighted by atomic mass is 32.2. The highest BCUT2D eigenvalue weighted by molar-refractivity contribution is 7.89. The zero-order chi connectivity index (χ0) is 14.6. The number of hydrogen-bond donors (Lipinski definition) is 2. The lowest BCUT2D eigenvalue weighted by molar-refractivity contribution is 0.385. The van der Waals surface area contributed by atoms with E-state index in [2.05, 4.69) is 10.0 Å². The molecule has 112 valence electrons. The predicted octanol–water partition coefficient (Wildman–Crippen LogP) is 1.25. The molecular weight excluding hydrogens is 283 g/mol. The van der Waals surface area contributed by atoms with E-state index >= 15 is 0 Å². The summed E-state index contributed by atoms with van der Waals surface area (Å²) in [4.78, 5) is -0.0911. The standard InChI is InChI=1S/C13H19FN2O3S/c1-19-13-6-5-11(8-12(13)14)20(17,18)16-9-10-4-2-3-7-15-10/h5-6,8,10,15-16H,2-4,7,9H2,1H3. The summed E-state index contributed by atoms with van der Waals surface area (Å²) in [6, 6.07) is 3.75. The van der Waals surface area contributed by atoms with E-state index in [-0.39, 0.29) is 16.7 Å². The van der Waals surface area contributed by atoms with E-state index in [1.54, 1.807) is 0 Å².